The van der Waals surface area contributed by atoms with E-state index in [1.54, 1.807) is 19.0 Å². The predicted octanol–water partition coefficient (Wildman–Crippen LogP) is 0.659. The molecule has 3 nitrogen and oxygen atoms in total. The van der Waals surface area contributed by atoms with Crippen LogP contribution in [0, 0.1) is 0 Å². The van der Waals surface area contributed by atoms with E-state index in [0.717, 1.165) is 0 Å². The molecule has 0 aromatic rings. The molecule has 0 unspecified atom stereocenters. The van der Waals surface area contributed by atoms with Gasteiger partial charge in [-0.05, 0) is 14.1 Å². The molecule has 0 spiro atoms. The Labute approximate surface area is 56.3 Å². The highest BCUT2D eigenvalue weighted by molar-refractivity contribution is 5.68. The van der Waals surface area contributed by atoms with Crippen molar-refractivity contribution >= 4 is 5.97 Å². The van der Waals surface area contributed by atoms with Crippen molar-refractivity contribution in [3.05, 3.63) is 0 Å². The summed E-state index contributed by atoms with van der Waals surface area (Å²) < 4.78 is 0. The number of rotatable bonds is 2. The summed E-state index contributed by atoms with van der Waals surface area (Å²) in [6.45, 7) is 4.11. The van der Waals surface area contributed by atoms with E-state index >= 15 is 0 Å². The maximum Gasteiger partial charge on any atom is 0.317 e. The lowest BCUT2D eigenvalue weighted by atomic mass is 10.6. The van der Waals surface area contributed by atoms with Crippen LogP contribution in [-0.2, 0) is 4.79 Å². The largest absolute Gasteiger partial charge is 0.480 e. The second kappa shape index (κ2) is 7.43. The molecule has 0 aliphatic heterocycles. The molecule has 0 fully saturated rings. The fraction of sp³-hybridized carbons (Fsp3) is 0.833. The summed E-state index contributed by atoms with van der Waals surface area (Å²) in [7, 11) is 3.43. The van der Waals surface area contributed by atoms with Gasteiger partial charge in [-0.2, -0.15) is 0 Å². The number of carboxylic acid groups (broad SMARTS) is 1. The third kappa shape index (κ3) is 18.6. The van der Waals surface area contributed by atoms with Crippen molar-refractivity contribution < 1.29 is 9.90 Å². The van der Waals surface area contributed by atoms with Gasteiger partial charge in [-0.25, -0.2) is 0 Å². The van der Waals surface area contributed by atoms with E-state index in [2.05, 4.69) is 0 Å². The number of likely N-dealkylation sites (N-methyl/N-ethyl adjacent to an activating group) is 1. The van der Waals surface area contributed by atoms with E-state index in [1.807, 2.05) is 13.8 Å². The molecule has 0 radical (unpaired) electrons. The minimum atomic E-state index is -0.787. The number of nitrogens with zero attached hydrogens (tertiary/aromatic N) is 1. The van der Waals surface area contributed by atoms with Gasteiger partial charge < -0.3 is 5.11 Å². The van der Waals surface area contributed by atoms with E-state index in [-0.39, 0.29) is 6.54 Å². The van der Waals surface area contributed by atoms with E-state index in [1.165, 1.54) is 0 Å². The summed E-state index contributed by atoms with van der Waals surface area (Å²) in [5, 5.41) is 8.04. The summed E-state index contributed by atoms with van der Waals surface area (Å²) in [6.07, 6.45) is 0. The average molecular weight is 133 g/mol. The number of aliphatic carboxylic acids is 1. The van der Waals surface area contributed by atoms with Crippen LogP contribution in [0.2, 0.25) is 0 Å². The molecule has 0 atom stereocenters. The molecule has 56 valence electrons. The van der Waals surface area contributed by atoms with E-state index < -0.39 is 5.97 Å². The molecule has 0 rings (SSSR count). The molecular formula is C6H15NO2. The molecule has 0 heterocycles. The first-order valence-electron chi connectivity index (χ1n) is 2.99. The molecule has 0 aromatic heterocycles. The monoisotopic (exact) mass is 133 g/mol. The quantitative estimate of drug-likeness (QED) is 0.601. The first kappa shape index (κ1) is 11.3. The Bertz CT molecular complexity index is 71.5. The molecule has 0 bridgehead atoms. The van der Waals surface area contributed by atoms with Gasteiger partial charge in [0.25, 0.3) is 0 Å². The van der Waals surface area contributed by atoms with Gasteiger partial charge in [0.05, 0.1) is 6.54 Å². The Kier molecular flexibility index (Phi) is 9.29. The smallest absolute Gasteiger partial charge is 0.317 e. The van der Waals surface area contributed by atoms with Crippen LogP contribution < -0.4 is 0 Å². The van der Waals surface area contributed by atoms with Crippen molar-refractivity contribution in [1.29, 1.82) is 0 Å². The maximum atomic E-state index is 9.77. The number of carbonyl (C=O) groups is 1. The van der Waals surface area contributed by atoms with Crippen molar-refractivity contribution in [2.45, 2.75) is 13.8 Å². The van der Waals surface area contributed by atoms with Crippen LogP contribution in [0.3, 0.4) is 0 Å². The van der Waals surface area contributed by atoms with Gasteiger partial charge in [0.1, 0.15) is 0 Å². The Balaban J connectivity index is 0. The summed E-state index contributed by atoms with van der Waals surface area (Å²) in [5.41, 5.74) is 0. The van der Waals surface area contributed by atoms with Crippen LogP contribution in [-0.4, -0.2) is 36.6 Å². The SMILES string of the molecule is CC.CN(C)CC(=O)O. The van der Waals surface area contributed by atoms with E-state index in [0.29, 0.717) is 0 Å². The van der Waals surface area contributed by atoms with Crippen LogP contribution in [0.15, 0.2) is 0 Å². The van der Waals surface area contributed by atoms with E-state index in [9.17, 15) is 4.79 Å². The predicted molar refractivity (Wildman–Crippen MR) is 37.5 cm³/mol. The number of carboxylic acids is 1. The molecule has 0 saturated heterocycles. The minimum absolute atomic E-state index is 0.111. The lowest BCUT2D eigenvalue weighted by Gasteiger charge is -2.01. The van der Waals surface area contributed by atoms with Crippen LogP contribution >= 0.6 is 0 Å². The number of hydrogen-bond donors (Lipinski definition) is 1. The molecule has 0 aliphatic carbocycles. The molecule has 1 N–H and O–H groups in total. The van der Waals surface area contributed by atoms with Crippen molar-refractivity contribution in [2.75, 3.05) is 20.6 Å². The fourth-order valence-electron chi connectivity index (χ4n) is 0.271. The first-order valence-corrected chi connectivity index (χ1v) is 2.99. The lowest BCUT2D eigenvalue weighted by molar-refractivity contribution is -0.137. The van der Waals surface area contributed by atoms with Gasteiger partial charge in [0.15, 0.2) is 0 Å². The Morgan fingerprint density at radius 3 is 1.78 bits per heavy atom. The van der Waals surface area contributed by atoms with Crippen LogP contribution in [0.1, 0.15) is 13.8 Å². The third-order valence-electron chi connectivity index (χ3n) is 0.451. The zero-order valence-electron chi connectivity index (χ0n) is 6.51. The van der Waals surface area contributed by atoms with Crippen LogP contribution in [0.4, 0.5) is 0 Å². The van der Waals surface area contributed by atoms with Crippen molar-refractivity contribution in [2.24, 2.45) is 0 Å². The second-order valence-electron chi connectivity index (χ2n) is 1.63. The molecule has 0 aromatic carbocycles. The molecule has 0 aliphatic rings. The Morgan fingerprint density at radius 2 is 1.78 bits per heavy atom. The topological polar surface area (TPSA) is 40.5 Å². The first-order chi connectivity index (χ1) is 4.13. The molecule has 0 amide bonds. The molecule has 9 heavy (non-hydrogen) atoms. The van der Waals surface area contributed by atoms with Gasteiger partial charge in [-0.15, -0.1) is 0 Å². The summed E-state index contributed by atoms with van der Waals surface area (Å²) >= 11 is 0. The third-order valence-corrected chi connectivity index (χ3v) is 0.451. The standard InChI is InChI=1S/C4H9NO2.C2H6/c1-5(2)3-4(6)7;1-2/h3H2,1-2H3,(H,6,7);1-2H3. The average Bonchev–Trinajstić information content (AvgIpc) is 1.68. The second-order valence-corrected chi connectivity index (χ2v) is 1.63. The van der Waals surface area contributed by atoms with Crippen molar-refractivity contribution in [1.82, 2.24) is 4.90 Å². The molecule has 3 heteroatoms. The fourth-order valence-corrected chi connectivity index (χ4v) is 0.271. The van der Waals surface area contributed by atoms with Gasteiger partial charge in [0.2, 0.25) is 0 Å². The van der Waals surface area contributed by atoms with Crippen LogP contribution in [0.25, 0.3) is 0 Å². The van der Waals surface area contributed by atoms with Gasteiger partial charge in [-0.3, -0.25) is 9.69 Å². The van der Waals surface area contributed by atoms with Crippen molar-refractivity contribution in [3.63, 3.8) is 0 Å². The van der Waals surface area contributed by atoms with Gasteiger partial charge in [-0.1, -0.05) is 13.8 Å². The highest BCUT2D eigenvalue weighted by atomic mass is 16.4. The highest BCUT2D eigenvalue weighted by Gasteiger charge is 1.94. The lowest BCUT2D eigenvalue weighted by Crippen LogP contribution is -2.20. The minimum Gasteiger partial charge on any atom is -0.480 e. The zero-order valence-corrected chi connectivity index (χ0v) is 6.51. The van der Waals surface area contributed by atoms with Gasteiger partial charge in [0, 0.05) is 0 Å². The Hall–Kier alpha value is -0.570. The van der Waals surface area contributed by atoms with E-state index in [4.69, 9.17) is 5.11 Å². The van der Waals surface area contributed by atoms with Crippen LogP contribution in [0.5, 0.6) is 0 Å². The normalized spacial score (nSPS) is 8.11. The summed E-state index contributed by atoms with van der Waals surface area (Å²) in [5.74, 6) is -0.787. The molecular weight excluding hydrogens is 118 g/mol. The Morgan fingerprint density at radius 1 is 1.44 bits per heavy atom. The summed E-state index contributed by atoms with van der Waals surface area (Å²) in [4.78, 5) is 11.4. The zero-order chi connectivity index (χ0) is 7.86. The maximum absolute atomic E-state index is 9.77. The number of hydrogen-bond acceptors (Lipinski definition) is 2. The highest BCUT2D eigenvalue weighted by Crippen LogP contribution is 1.69. The van der Waals surface area contributed by atoms with Crippen molar-refractivity contribution in [3.8, 4) is 0 Å². The van der Waals surface area contributed by atoms with Gasteiger partial charge >= 0.3 is 5.97 Å². The summed E-state index contributed by atoms with van der Waals surface area (Å²) in [6, 6.07) is 0. The molecule has 0 saturated carbocycles.